The van der Waals surface area contributed by atoms with E-state index in [0.717, 1.165) is 42.8 Å². The van der Waals surface area contributed by atoms with Crippen LogP contribution in [0.15, 0.2) is 48.5 Å². The van der Waals surface area contributed by atoms with Crippen LogP contribution in [0.2, 0.25) is 0 Å². The van der Waals surface area contributed by atoms with Gasteiger partial charge in [-0.25, -0.2) is 0 Å². The van der Waals surface area contributed by atoms with Gasteiger partial charge in [0.2, 0.25) is 5.62 Å². The predicted molar refractivity (Wildman–Crippen MR) is 119 cm³/mol. The van der Waals surface area contributed by atoms with Crippen molar-refractivity contribution in [2.45, 2.75) is 19.3 Å². The molecule has 1 aromatic heterocycles. The summed E-state index contributed by atoms with van der Waals surface area (Å²) in [5.74, 6) is -0.344. The van der Waals surface area contributed by atoms with Crippen LogP contribution in [-0.4, -0.2) is 52.7 Å². The van der Waals surface area contributed by atoms with Crippen LogP contribution in [0.25, 0.3) is 11.0 Å². The molecule has 0 spiro atoms. The molecule has 32 heavy (non-hydrogen) atoms. The van der Waals surface area contributed by atoms with Gasteiger partial charge in [0.25, 0.3) is 0 Å². The number of benzene rings is 2. The molecule has 1 aliphatic heterocycles. The van der Waals surface area contributed by atoms with Crippen molar-refractivity contribution >= 4 is 33.8 Å². The van der Waals surface area contributed by atoms with Gasteiger partial charge in [0.1, 0.15) is 0 Å². The van der Waals surface area contributed by atoms with Crippen molar-refractivity contribution in [3.63, 3.8) is 0 Å². The minimum atomic E-state index is -4.45. The number of hydrogen-bond donors (Lipinski definition) is 1. The van der Waals surface area contributed by atoms with Crippen molar-refractivity contribution in [1.29, 1.82) is 5.41 Å². The van der Waals surface area contributed by atoms with Gasteiger partial charge in [-0.05, 0) is 24.3 Å². The Labute approximate surface area is 193 Å². The van der Waals surface area contributed by atoms with Gasteiger partial charge in [-0.1, -0.05) is 24.3 Å². The number of ether oxygens (including phenoxy) is 1. The molecule has 0 atom stereocenters. The van der Waals surface area contributed by atoms with Crippen molar-refractivity contribution in [1.82, 2.24) is 14.0 Å². The minimum Gasteiger partial charge on any atom is -0.379 e. The molecular weight excluding hydrogens is 489 g/mol. The largest absolute Gasteiger partial charge is 0.416 e. The average molecular weight is 513 g/mol. The first-order valence-electron chi connectivity index (χ1n) is 10.1. The Morgan fingerprint density at radius 3 is 2.12 bits per heavy atom. The summed E-state index contributed by atoms with van der Waals surface area (Å²) in [5, 5.41) is 8.65. The van der Waals surface area contributed by atoms with Gasteiger partial charge in [0.05, 0.1) is 36.4 Å². The van der Waals surface area contributed by atoms with Gasteiger partial charge < -0.3 is 13.9 Å². The quantitative estimate of drug-likeness (QED) is 0.511. The number of morpholine rings is 1. The number of carbonyl (C=O) groups excluding carboxylic acids is 1. The number of hydrogen-bond acceptors (Lipinski definition) is 4. The number of Topliss-reactive ketones (excluding diaryl/α,β-unsaturated/α-hetero) is 1. The van der Waals surface area contributed by atoms with Gasteiger partial charge in [-0.3, -0.25) is 15.1 Å². The Kier molecular flexibility index (Phi) is 7.58. The summed E-state index contributed by atoms with van der Waals surface area (Å²) >= 11 is 0. The second-order valence-corrected chi connectivity index (χ2v) is 7.50. The maximum Gasteiger partial charge on any atom is 0.416 e. The summed E-state index contributed by atoms with van der Waals surface area (Å²) in [6.45, 7) is 4.33. The zero-order valence-electron chi connectivity index (χ0n) is 17.3. The Balaban J connectivity index is 0.00000289. The maximum atomic E-state index is 12.8. The summed E-state index contributed by atoms with van der Waals surface area (Å²) < 4.78 is 47.2. The molecule has 0 amide bonds. The first-order valence-corrected chi connectivity index (χ1v) is 10.1. The van der Waals surface area contributed by atoms with E-state index < -0.39 is 11.7 Å². The van der Waals surface area contributed by atoms with E-state index in [0.29, 0.717) is 19.8 Å². The molecule has 4 rings (SSSR count). The minimum absolute atomic E-state index is 0. The molecule has 0 radical (unpaired) electrons. The van der Waals surface area contributed by atoms with Crippen molar-refractivity contribution in [2.75, 3.05) is 32.8 Å². The van der Waals surface area contributed by atoms with Crippen LogP contribution in [0.1, 0.15) is 15.9 Å². The zero-order chi connectivity index (χ0) is 22.0. The van der Waals surface area contributed by atoms with Gasteiger partial charge in [-0.2, -0.15) is 13.2 Å². The molecule has 0 bridgehead atoms. The number of fused-ring (bicyclic) bond motifs is 1. The highest BCUT2D eigenvalue weighted by Crippen LogP contribution is 2.29. The SMILES string of the molecule is Br.N=c1n(CCN2CCOCC2)c2ccccc2n1CC(=O)c1ccc(C(F)(F)F)cc1. The average Bonchev–Trinajstić information content (AvgIpc) is 3.03. The van der Waals surface area contributed by atoms with Crippen LogP contribution in [0, 0.1) is 5.41 Å². The lowest BCUT2D eigenvalue weighted by atomic mass is 10.1. The van der Waals surface area contributed by atoms with Gasteiger partial charge >= 0.3 is 6.18 Å². The molecular formula is C22H24BrF3N4O2. The number of aromatic nitrogens is 2. The Hall–Kier alpha value is -2.43. The highest BCUT2D eigenvalue weighted by Gasteiger charge is 2.30. The normalized spacial score (nSPS) is 15.0. The summed E-state index contributed by atoms with van der Waals surface area (Å²) in [6, 6.07) is 11.7. The summed E-state index contributed by atoms with van der Waals surface area (Å²) in [4.78, 5) is 15.0. The van der Waals surface area contributed by atoms with Crippen molar-refractivity contribution < 1.29 is 22.7 Å². The summed E-state index contributed by atoms with van der Waals surface area (Å²) in [7, 11) is 0. The van der Waals surface area contributed by atoms with E-state index in [2.05, 4.69) is 4.90 Å². The molecule has 1 aliphatic rings. The molecule has 1 fully saturated rings. The number of halogens is 4. The van der Waals surface area contributed by atoms with Gasteiger partial charge in [0.15, 0.2) is 5.78 Å². The number of nitrogens with one attached hydrogen (secondary N) is 1. The monoisotopic (exact) mass is 512 g/mol. The Bertz CT molecular complexity index is 1130. The highest BCUT2D eigenvalue weighted by molar-refractivity contribution is 8.93. The van der Waals surface area contributed by atoms with Crippen molar-refractivity contribution in [2.24, 2.45) is 0 Å². The second-order valence-electron chi connectivity index (χ2n) is 7.50. The fourth-order valence-electron chi connectivity index (χ4n) is 3.83. The van der Waals surface area contributed by atoms with Gasteiger partial charge in [0, 0.05) is 31.7 Å². The van der Waals surface area contributed by atoms with Crippen LogP contribution >= 0.6 is 17.0 Å². The topological polar surface area (TPSA) is 63.2 Å². The van der Waals surface area contributed by atoms with E-state index in [1.54, 1.807) is 4.57 Å². The van der Waals surface area contributed by atoms with E-state index in [4.69, 9.17) is 10.1 Å². The third-order valence-corrected chi connectivity index (χ3v) is 5.55. The summed E-state index contributed by atoms with van der Waals surface area (Å²) in [5.41, 5.74) is 1.17. The van der Waals surface area contributed by atoms with E-state index in [1.807, 2.05) is 28.8 Å². The van der Waals surface area contributed by atoms with E-state index in [-0.39, 0.29) is 40.5 Å². The first kappa shape index (κ1) is 24.2. The lowest BCUT2D eigenvalue weighted by Gasteiger charge is -2.26. The molecule has 172 valence electrons. The van der Waals surface area contributed by atoms with Crippen LogP contribution in [0.5, 0.6) is 0 Å². The molecule has 2 heterocycles. The number of alkyl halides is 3. The number of rotatable bonds is 6. The molecule has 3 aromatic rings. The molecule has 1 saturated heterocycles. The first-order chi connectivity index (χ1) is 14.8. The van der Waals surface area contributed by atoms with Crippen molar-refractivity contribution in [3.8, 4) is 0 Å². The molecule has 6 nitrogen and oxygen atoms in total. The van der Waals surface area contributed by atoms with E-state index in [1.165, 1.54) is 12.1 Å². The van der Waals surface area contributed by atoms with E-state index in [9.17, 15) is 18.0 Å². The third-order valence-electron chi connectivity index (χ3n) is 5.55. The zero-order valence-corrected chi connectivity index (χ0v) is 19.0. The molecule has 1 N–H and O–H groups in total. The van der Waals surface area contributed by atoms with Crippen LogP contribution in [-0.2, 0) is 24.0 Å². The highest BCUT2D eigenvalue weighted by atomic mass is 79.9. The van der Waals surface area contributed by atoms with Gasteiger partial charge in [-0.15, -0.1) is 17.0 Å². The number of carbonyl (C=O) groups is 1. The second kappa shape index (κ2) is 10.0. The molecule has 10 heteroatoms. The maximum absolute atomic E-state index is 12.8. The summed E-state index contributed by atoms with van der Waals surface area (Å²) in [6.07, 6.45) is -4.45. The molecule has 2 aromatic carbocycles. The molecule has 0 aliphatic carbocycles. The lowest BCUT2D eigenvalue weighted by Crippen LogP contribution is -2.39. The number of nitrogens with zero attached hydrogens (tertiary/aromatic N) is 3. The molecule has 0 saturated carbocycles. The third kappa shape index (κ3) is 5.13. The van der Waals surface area contributed by atoms with Crippen LogP contribution in [0.3, 0.4) is 0 Å². The smallest absolute Gasteiger partial charge is 0.379 e. The Morgan fingerprint density at radius 1 is 0.938 bits per heavy atom. The Morgan fingerprint density at radius 2 is 1.53 bits per heavy atom. The van der Waals surface area contributed by atoms with E-state index >= 15 is 0 Å². The van der Waals surface area contributed by atoms with Crippen LogP contribution < -0.4 is 5.62 Å². The standard InChI is InChI=1S/C22H23F3N4O2.BrH/c23-22(24,25)17-7-5-16(6-8-17)20(30)15-29-19-4-2-1-3-18(19)28(21(29)26)10-9-27-11-13-31-14-12-27;/h1-8,26H,9-15H2;1H. The number of ketones is 1. The van der Waals surface area contributed by atoms with Crippen LogP contribution in [0.4, 0.5) is 13.2 Å². The number of imidazole rings is 1. The fourth-order valence-corrected chi connectivity index (χ4v) is 3.83. The predicted octanol–water partition coefficient (Wildman–Crippen LogP) is 3.73. The lowest BCUT2D eigenvalue weighted by molar-refractivity contribution is -0.137. The number of para-hydroxylation sites is 2. The van der Waals surface area contributed by atoms with Crippen molar-refractivity contribution in [3.05, 3.63) is 65.3 Å². The fraction of sp³-hybridized carbons (Fsp3) is 0.364. The molecule has 0 unspecified atom stereocenters.